The standard InChI is InChI=1S/C15H24BrN3O/c1-5-17-13-12(16)11(9-10(2)3)18-14(19-13)15(20-4)7-6-8-15/h10H,5-9H2,1-4H3,(H,17,18,19). The number of halogens is 1. The zero-order chi connectivity index (χ0) is 14.8. The molecule has 5 heteroatoms. The average molecular weight is 342 g/mol. The number of ether oxygens (including phenoxy) is 1. The van der Waals surface area contributed by atoms with E-state index in [0.717, 1.165) is 47.6 Å². The van der Waals surface area contributed by atoms with Gasteiger partial charge in [0, 0.05) is 13.7 Å². The molecule has 0 spiro atoms. The maximum absolute atomic E-state index is 5.72. The van der Waals surface area contributed by atoms with Crippen LogP contribution in [0.5, 0.6) is 0 Å². The van der Waals surface area contributed by atoms with Crippen molar-refractivity contribution in [3.05, 3.63) is 16.0 Å². The molecule has 0 atom stereocenters. The Morgan fingerprint density at radius 1 is 1.35 bits per heavy atom. The quantitative estimate of drug-likeness (QED) is 0.852. The molecule has 1 aliphatic rings. The fourth-order valence-corrected chi connectivity index (χ4v) is 3.00. The largest absolute Gasteiger partial charge is 0.370 e. The number of hydrogen-bond donors (Lipinski definition) is 1. The molecule has 1 fully saturated rings. The van der Waals surface area contributed by atoms with Crippen molar-refractivity contribution >= 4 is 21.7 Å². The van der Waals surface area contributed by atoms with Crippen LogP contribution in [0.15, 0.2) is 4.47 Å². The molecule has 0 amide bonds. The first kappa shape index (κ1) is 15.7. The maximum Gasteiger partial charge on any atom is 0.162 e. The fourth-order valence-electron chi connectivity index (χ4n) is 2.52. The predicted molar refractivity (Wildman–Crippen MR) is 85.0 cm³/mol. The van der Waals surface area contributed by atoms with Crippen LogP contribution in [0.1, 0.15) is 51.6 Å². The molecule has 112 valence electrons. The summed E-state index contributed by atoms with van der Waals surface area (Å²) in [5.41, 5.74) is 0.806. The molecule has 20 heavy (non-hydrogen) atoms. The summed E-state index contributed by atoms with van der Waals surface area (Å²) in [5.74, 6) is 2.28. The fraction of sp³-hybridized carbons (Fsp3) is 0.733. The van der Waals surface area contributed by atoms with Gasteiger partial charge in [0.15, 0.2) is 5.82 Å². The normalized spacial score (nSPS) is 17.1. The molecular formula is C15H24BrN3O. The maximum atomic E-state index is 5.72. The molecule has 0 saturated heterocycles. The molecule has 1 aromatic heterocycles. The van der Waals surface area contributed by atoms with Crippen LogP contribution in [0.4, 0.5) is 5.82 Å². The van der Waals surface area contributed by atoms with Crippen LogP contribution >= 0.6 is 15.9 Å². The Balaban J connectivity index is 2.43. The van der Waals surface area contributed by atoms with E-state index in [4.69, 9.17) is 14.7 Å². The third kappa shape index (κ3) is 2.98. The SMILES string of the molecule is CCNc1nc(C2(OC)CCC2)nc(CC(C)C)c1Br. The molecule has 2 rings (SSSR count). The lowest BCUT2D eigenvalue weighted by molar-refractivity contribution is -0.0847. The second-order valence-electron chi connectivity index (χ2n) is 5.84. The van der Waals surface area contributed by atoms with Crippen LogP contribution in [0.2, 0.25) is 0 Å². The Hall–Kier alpha value is -0.680. The topological polar surface area (TPSA) is 47.0 Å². The molecule has 1 heterocycles. The molecule has 0 aromatic carbocycles. The van der Waals surface area contributed by atoms with Crippen molar-refractivity contribution in [2.24, 2.45) is 5.92 Å². The number of hydrogen-bond acceptors (Lipinski definition) is 4. The van der Waals surface area contributed by atoms with E-state index < -0.39 is 0 Å². The van der Waals surface area contributed by atoms with E-state index in [-0.39, 0.29) is 5.60 Å². The van der Waals surface area contributed by atoms with Gasteiger partial charge < -0.3 is 10.1 Å². The second-order valence-corrected chi connectivity index (χ2v) is 6.63. The van der Waals surface area contributed by atoms with Gasteiger partial charge in [-0.05, 0) is 54.5 Å². The van der Waals surface area contributed by atoms with Crippen molar-refractivity contribution < 1.29 is 4.74 Å². The Bertz CT molecular complexity index is 467. The van der Waals surface area contributed by atoms with Gasteiger partial charge in [-0.2, -0.15) is 0 Å². The minimum Gasteiger partial charge on any atom is -0.370 e. The van der Waals surface area contributed by atoms with Gasteiger partial charge in [0.25, 0.3) is 0 Å². The highest BCUT2D eigenvalue weighted by Gasteiger charge is 2.42. The molecule has 0 radical (unpaired) electrons. The summed E-state index contributed by atoms with van der Waals surface area (Å²) in [7, 11) is 1.76. The smallest absolute Gasteiger partial charge is 0.162 e. The van der Waals surface area contributed by atoms with Crippen LogP contribution in [0.3, 0.4) is 0 Å². The van der Waals surface area contributed by atoms with E-state index in [0.29, 0.717) is 5.92 Å². The molecule has 4 nitrogen and oxygen atoms in total. The van der Waals surface area contributed by atoms with Gasteiger partial charge in [0.2, 0.25) is 0 Å². The number of rotatable bonds is 6. The molecular weight excluding hydrogens is 318 g/mol. The van der Waals surface area contributed by atoms with Crippen molar-refractivity contribution in [3.63, 3.8) is 0 Å². The minimum atomic E-state index is -0.267. The Kier molecular flexibility index (Phi) is 5.02. The number of methoxy groups -OCH3 is 1. The molecule has 0 aliphatic heterocycles. The van der Waals surface area contributed by atoms with Crippen molar-refractivity contribution in [3.8, 4) is 0 Å². The van der Waals surface area contributed by atoms with Gasteiger partial charge >= 0.3 is 0 Å². The monoisotopic (exact) mass is 341 g/mol. The highest BCUT2D eigenvalue weighted by molar-refractivity contribution is 9.10. The molecule has 1 N–H and O–H groups in total. The summed E-state index contributed by atoms with van der Waals surface area (Å²) < 4.78 is 6.71. The Morgan fingerprint density at radius 3 is 2.50 bits per heavy atom. The first-order chi connectivity index (χ1) is 9.52. The number of nitrogens with zero attached hydrogens (tertiary/aromatic N) is 2. The van der Waals surface area contributed by atoms with Crippen LogP contribution < -0.4 is 5.32 Å². The van der Waals surface area contributed by atoms with Gasteiger partial charge in [0.05, 0.1) is 10.2 Å². The van der Waals surface area contributed by atoms with Crippen LogP contribution in [-0.2, 0) is 16.8 Å². The minimum absolute atomic E-state index is 0.267. The lowest BCUT2D eigenvalue weighted by Gasteiger charge is -2.39. The summed E-state index contributed by atoms with van der Waals surface area (Å²) in [4.78, 5) is 9.50. The molecule has 0 bridgehead atoms. The summed E-state index contributed by atoms with van der Waals surface area (Å²) in [6.07, 6.45) is 4.15. The van der Waals surface area contributed by atoms with Crippen LogP contribution in [-0.4, -0.2) is 23.6 Å². The Labute approximate surface area is 129 Å². The predicted octanol–water partition coefficient (Wildman–Crippen LogP) is 3.90. The summed E-state index contributed by atoms with van der Waals surface area (Å²) in [6, 6.07) is 0. The summed E-state index contributed by atoms with van der Waals surface area (Å²) in [5, 5.41) is 3.32. The summed E-state index contributed by atoms with van der Waals surface area (Å²) >= 11 is 3.65. The lowest BCUT2D eigenvalue weighted by atomic mass is 9.79. The first-order valence-corrected chi connectivity index (χ1v) is 8.17. The molecule has 0 unspecified atom stereocenters. The van der Waals surface area contributed by atoms with E-state index in [1.54, 1.807) is 7.11 Å². The highest BCUT2D eigenvalue weighted by atomic mass is 79.9. The van der Waals surface area contributed by atoms with Gasteiger partial charge in [0.1, 0.15) is 11.4 Å². The first-order valence-electron chi connectivity index (χ1n) is 7.38. The number of aromatic nitrogens is 2. The summed E-state index contributed by atoms with van der Waals surface area (Å²) in [6.45, 7) is 7.33. The molecule has 1 aliphatic carbocycles. The van der Waals surface area contributed by atoms with Gasteiger partial charge in [-0.3, -0.25) is 0 Å². The van der Waals surface area contributed by atoms with Crippen molar-refractivity contribution in [2.75, 3.05) is 19.0 Å². The van der Waals surface area contributed by atoms with Crippen molar-refractivity contribution in [2.45, 2.75) is 52.1 Å². The Morgan fingerprint density at radius 2 is 2.05 bits per heavy atom. The van der Waals surface area contributed by atoms with E-state index >= 15 is 0 Å². The third-order valence-corrected chi connectivity index (χ3v) is 4.66. The zero-order valence-corrected chi connectivity index (χ0v) is 14.4. The zero-order valence-electron chi connectivity index (χ0n) is 12.8. The third-order valence-electron chi connectivity index (χ3n) is 3.83. The van der Waals surface area contributed by atoms with E-state index in [2.05, 4.69) is 42.0 Å². The second kappa shape index (κ2) is 6.39. The van der Waals surface area contributed by atoms with E-state index in [1.807, 2.05) is 0 Å². The van der Waals surface area contributed by atoms with Gasteiger partial charge in [-0.25, -0.2) is 9.97 Å². The number of nitrogens with one attached hydrogen (secondary N) is 1. The number of anilines is 1. The average Bonchev–Trinajstić information content (AvgIpc) is 2.33. The lowest BCUT2D eigenvalue weighted by Crippen LogP contribution is -2.38. The van der Waals surface area contributed by atoms with Crippen LogP contribution in [0.25, 0.3) is 0 Å². The van der Waals surface area contributed by atoms with Gasteiger partial charge in [-0.1, -0.05) is 13.8 Å². The van der Waals surface area contributed by atoms with Gasteiger partial charge in [-0.15, -0.1) is 0 Å². The van der Waals surface area contributed by atoms with E-state index in [1.165, 1.54) is 6.42 Å². The highest BCUT2D eigenvalue weighted by Crippen LogP contribution is 2.43. The molecule has 1 saturated carbocycles. The van der Waals surface area contributed by atoms with Crippen molar-refractivity contribution in [1.29, 1.82) is 0 Å². The van der Waals surface area contributed by atoms with E-state index in [9.17, 15) is 0 Å². The van der Waals surface area contributed by atoms with Crippen molar-refractivity contribution in [1.82, 2.24) is 9.97 Å². The molecule has 1 aromatic rings. The van der Waals surface area contributed by atoms with Crippen LogP contribution in [0, 0.1) is 5.92 Å².